The number of H-pyrrole nitrogens is 1. The highest BCUT2D eigenvalue weighted by atomic mass is 35.5. The van der Waals surface area contributed by atoms with Gasteiger partial charge in [0.25, 0.3) is 5.56 Å². The number of aromatic nitrogens is 2. The van der Waals surface area contributed by atoms with Crippen molar-refractivity contribution in [1.82, 2.24) is 9.78 Å². The molecule has 0 saturated carbocycles. The summed E-state index contributed by atoms with van der Waals surface area (Å²) in [7, 11) is 0. The largest absolute Gasteiger partial charge is 0.489 e. The number of hydrogen-bond donors (Lipinski definition) is 1. The first-order valence-electron chi connectivity index (χ1n) is 9.47. The molecule has 2 aromatic carbocycles. The molecule has 1 atom stereocenters. The number of thioether (sulfide) groups is 1. The maximum Gasteiger partial charge on any atom is 0.271 e. The highest BCUT2D eigenvalue weighted by Crippen LogP contribution is 2.46. The predicted molar refractivity (Wildman–Crippen MR) is 120 cm³/mol. The van der Waals surface area contributed by atoms with Crippen molar-refractivity contribution in [2.45, 2.75) is 38.7 Å². The van der Waals surface area contributed by atoms with Crippen molar-refractivity contribution in [3.05, 3.63) is 80.6 Å². The van der Waals surface area contributed by atoms with Gasteiger partial charge in [-0.05, 0) is 32.9 Å². The average Bonchev–Trinajstić information content (AvgIpc) is 3.04. The zero-order valence-electron chi connectivity index (χ0n) is 16.5. The van der Waals surface area contributed by atoms with Gasteiger partial charge in [-0.1, -0.05) is 59.8 Å². The van der Waals surface area contributed by atoms with Crippen molar-refractivity contribution in [3.8, 4) is 5.75 Å². The molecular weight excluding hydrogens is 406 g/mol. The minimum Gasteiger partial charge on any atom is -0.489 e. The first-order chi connectivity index (χ1) is 14.0. The fourth-order valence-corrected chi connectivity index (χ4v) is 4.72. The molecule has 0 saturated heterocycles. The zero-order chi connectivity index (χ0) is 20.5. The lowest BCUT2D eigenvalue weighted by Crippen LogP contribution is -2.14. The average molecular weight is 428 g/mol. The monoisotopic (exact) mass is 427 g/mol. The molecule has 29 heavy (non-hydrogen) atoms. The molecule has 0 amide bonds. The molecule has 2 heterocycles. The lowest BCUT2D eigenvalue weighted by molar-refractivity contribution is 0.303. The maximum absolute atomic E-state index is 12.8. The van der Waals surface area contributed by atoms with Crippen LogP contribution in [0.1, 0.15) is 48.8 Å². The standard InChI is InChI=1S/C22H22ClN3O2S/c1-13(2)26-21-19(22(27)25-26)20(29-14(3)24-21)16-9-5-7-11-18(16)28-12-15-8-4-6-10-17(15)23/h4-11,13,20H,12H2,1-3H3,(H,25,27)/t20-/m1/s1. The number of aromatic amines is 1. The molecule has 5 nitrogen and oxygen atoms in total. The summed E-state index contributed by atoms with van der Waals surface area (Å²) in [6.07, 6.45) is 0. The van der Waals surface area contributed by atoms with Crippen LogP contribution in [0.4, 0.5) is 5.82 Å². The molecule has 4 rings (SSSR count). The van der Waals surface area contributed by atoms with Gasteiger partial charge in [0.2, 0.25) is 0 Å². The molecular formula is C22H22ClN3O2S. The smallest absolute Gasteiger partial charge is 0.271 e. The molecule has 0 unspecified atom stereocenters. The van der Waals surface area contributed by atoms with Crippen LogP contribution in [0.2, 0.25) is 5.02 Å². The third-order valence-electron chi connectivity index (χ3n) is 4.81. The Morgan fingerprint density at radius 3 is 2.69 bits per heavy atom. The second-order valence-electron chi connectivity index (χ2n) is 7.19. The summed E-state index contributed by atoms with van der Waals surface area (Å²) in [6, 6.07) is 15.6. The Kier molecular flexibility index (Phi) is 5.56. The molecule has 1 N–H and O–H groups in total. The zero-order valence-corrected chi connectivity index (χ0v) is 18.1. The Morgan fingerprint density at radius 2 is 1.93 bits per heavy atom. The molecule has 0 spiro atoms. The van der Waals surface area contributed by atoms with E-state index in [1.807, 2.05) is 74.0 Å². The quantitative estimate of drug-likeness (QED) is 0.553. The van der Waals surface area contributed by atoms with Gasteiger partial charge in [-0.2, -0.15) is 0 Å². The SMILES string of the molecule is CC1=Nc2c(c(=O)[nH]n2C(C)C)[C@@H](c2ccccc2OCc2ccccc2Cl)S1. The van der Waals surface area contributed by atoms with Crippen LogP contribution in [-0.2, 0) is 6.61 Å². The number of fused-ring (bicyclic) bond motifs is 1. The Bertz CT molecular complexity index is 1130. The number of benzene rings is 2. The van der Waals surface area contributed by atoms with Crippen molar-refractivity contribution in [2.75, 3.05) is 0 Å². The van der Waals surface area contributed by atoms with E-state index in [0.29, 0.717) is 23.0 Å². The van der Waals surface area contributed by atoms with Crippen LogP contribution in [0.25, 0.3) is 0 Å². The third kappa shape index (κ3) is 3.87. The maximum atomic E-state index is 12.8. The van der Waals surface area contributed by atoms with E-state index in [2.05, 4.69) is 10.1 Å². The van der Waals surface area contributed by atoms with Gasteiger partial charge in [0.05, 0.1) is 15.9 Å². The van der Waals surface area contributed by atoms with Crippen LogP contribution in [0.15, 0.2) is 58.3 Å². The van der Waals surface area contributed by atoms with Crippen LogP contribution in [-0.4, -0.2) is 14.8 Å². The summed E-state index contributed by atoms with van der Waals surface area (Å²) >= 11 is 7.84. The van der Waals surface area contributed by atoms with Gasteiger partial charge >= 0.3 is 0 Å². The van der Waals surface area contributed by atoms with Crippen molar-refractivity contribution in [2.24, 2.45) is 4.99 Å². The van der Waals surface area contributed by atoms with E-state index < -0.39 is 0 Å². The Labute approximate surface area is 178 Å². The molecule has 0 radical (unpaired) electrons. The topological polar surface area (TPSA) is 59.4 Å². The number of nitrogens with one attached hydrogen (secondary N) is 1. The van der Waals surface area contributed by atoms with Crippen LogP contribution in [0, 0.1) is 0 Å². The first-order valence-corrected chi connectivity index (χ1v) is 10.7. The molecule has 150 valence electrons. The van der Waals surface area contributed by atoms with Gasteiger partial charge in [0, 0.05) is 22.2 Å². The van der Waals surface area contributed by atoms with Crippen LogP contribution in [0.3, 0.4) is 0 Å². The van der Waals surface area contributed by atoms with E-state index in [0.717, 1.165) is 21.9 Å². The number of nitrogens with zero attached hydrogens (tertiary/aromatic N) is 2. The molecule has 0 bridgehead atoms. The highest BCUT2D eigenvalue weighted by Gasteiger charge is 2.32. The number of para-hydroxylation sites is 1. The van der Waals surface area contributed by atoms with E-state index in [1.165, 1.54) is 0 Å². The molecule has 3 aromatic rings. The first kappa shape index (κ1) is 19.9. The lowest BCUT2D eigenvalue weighted by atomic mass is 10.0. The summed E-state index contributed by atoms with van der Waals surface area (Å²) in [5.41, 5.74) is 2.43. The summed E-state index contributed by atoms with van der Waals surface area (Å²) in [4.78, 5) is 17.4. The lowest BCUT2D eigenvalue weighted by Gasteiger charge is -2.23. The van der Waals surface area contributed by atoms with Crippen molar-refractivity contribution in [1.29, 1.82) is 0 Å². The van der Waals surface area contributed by atoms with Gasteiger partial charge in [0.1, 0.15) is 12.4 Å². The van der Waals surface area contributed by atoms with Gasteiger partial charge < -0.3 is 4.74 Å². The second-order valence-corrected chi connectivity index (χ2v) is 8.89. The van der Waals surface area contributed by atoms with E-state index in [1.54, 1.807) is 11.8 Å². The summed E-state index contributed by atoms with van der Waals surface area (Å²) < 4.78 is 7.98. The molecule has 0 aliphatic carbocycles. The Hall–Kier alpha value is -2.44. The molecule has 1 aliphatic heterocycles. The predicted octanol–water partition coefficient (Wildman–Crippen LogP) is 5.88. The molecule has 0 fully saturated rings. The van der Waals surface area contributed by atoms with Crippen molar-refractivity contribution in [3.63, 3.8) is 0 Å². The molecule has 7 heteroatoms. The summed E-state index contributed by atoms with van der Waals surface area (Å²) in [6.45, 7) is 6.38. The normalized spacial score (nSPS) is 15.9. The van der Waals surface area contributed by atoms with Crippen LogP contribution in [0.5, 0.6) is 5.75 Å². The Balaban J connectivity index is 1.73. The highest BCUT2D eigenvalue weighted by molar-refractivity contribution is 8.14. The van der Waals surface area contributed by atoms with Gasteiger partial charge in [-0.25, -0.2) is 4.99 Å². The van der Waals surface area contributed by atoms with Gasteiger partial charge in [-0.15, -0.1) is 0 Å². The molecule has 1 aromatic heterocycles. The second kappa shape index (κ2) is 8.13. The minimum atomic E-state index is -0.186. The number of ether oxygens (including phenoxy) is 1. The van der Waals surface area contributed by atoms with Crippen molar-refractivity contribution < 1.29 is 4.74 Å². The number of halogens is 1. The van der Waals surface area contributed by atoms with Crippen molar-refractivity contribution >= 4 is 34.2 Å². The Morgan fingerprint density at radius 1 is 1.21 bits per heavy atom. The van der Waals surface area contributed by atoms with Crippen LogP contribution < -0.4 is 10.3 Å². The summed E-state index contributed by atoms with van der Waals surface area (Å²) in [5.74, 6) is 1.44. The van der Waals surface area contributed by atoms with E-state index in [9.17, 15) is 4.79 Å². The van der Waals surface area contributed by atoms with Gasteiger partial charge in [-0.3, -0.25) is 14.6 Å². The van der Waals surface area contributed by atoms with Crippen LogP contribution >= 0.6 is 23.4 Å². The fourth-order valence-electron chi connectivity index (χ4n) is 3.40. The number of hydrogen-bond acceptors (Lipinski definition) is 4. The summed E-state index contributed by atoms with van der Waals surface area (Å²) in [5, 5.41) is 4.34. The van der Waals surface area contributed by atoms with E-state index in [-0.39, 0.29) is 16.9 Å². The third-order valence-corrected chi connectivity index (χ3v) is 6.34. The number of rotatable bonds is 5. The number of aliphatic imine (C=N–C) groups is 1. The minimum absolute atomic E-state index is 0.108. The van der Waals surface area contributed by atoms with E-state index >= 15 is 0 Å². The fraction of sp³-hybridized carbons (Fsp3) is 0.273. The van der Waals surface area contributed by atoms with E-state index in [4.69, 9.17) is 16.3 Å². The molecule has 1 aliphatic rings. The van der Waals surface area contributed by atoms with Gasteiger partial charge in [0.15, 0.2) is 5.82 Å².